The predicted molar refractivity (Wildman–Crippen MR) is 59.6 cm³/mol. The van der Waals surface area contributed by atoms with Gasteiger partial charge in [0.1, 0.15) is 11.6 Å². The summed E-state index contributed by atoms with van der Waals surface area (Å²) in [7, 11) is 3.88. The zero-order chi connectivity index (χ0) is 11.2. The Bertz CT molecular complexity index is 320. The maximum absolute atomic E-state index is 12.1. The summed E-state index contributed by atoms with van der Waals surface area (Å²) in [6.45, 7) is 4.30. The number of hydrogen-bond acceptors (Lipinski definition) is 4. The lowest BCUT2D eigenvalue weighted by molar-refractivity contribution is -0.126. The number of carbonyl (C=O) groups excluding carboxylic acids is 1. The van der Waals surface area contributed by atoms with Crippen LogP contribution in [-0.4, -0.2) is 36.7 Å². The number of ketones is 1. The fourth-order valence-corrected chi connectivity index (χ4v) is 2.63. The van der Waals surface area contributed by atoms with Crippen molar-refractivity contribution in [3.05, 3.63) is 0 Å². The molecule has 4 heteroatoms. The molecule has 0 spiro atoms. The average Bonchev–Trinajstić information content (AvgIpc) is 2.45. The van der Waals surface area contributed by atoms with Crippen LogP contribution >= 0.6 is 0 Å². The summed E-state index contributed by atoms with van der Waals surface area (Å²) in [5.41, 5.74) is 3.22. The van der Waals surface area contributed by atoms with Crippen molar-refractivity contribution >= 4 is 11.6 Å². The van der Waals surface area contributed by atoms with Gasteiger partial charge >= 0.3 is 0 Å². The van der Waals surface area contributed by atoms with Crippen LogP contribution in [-0.2, 0) is 4.79 Å². The molecule has 0 saturated heterocycles. The lowest BCUT2D eigenvalue weighted by Crippen LogP contribution is -2.47. The first-order valence-electron chi connectivity index (χ1n) is 5.44. The Kier molecular flexibility index (Phi) is 2.24. The summed E-state index contributed by atoms with van der Waals surface area (Å²) in [5, 5.41) is 4.27. The van der Waals surface area contributed by atoms with E-state index in [1.165, 1.54) is 0 Å². The average molecular weight is 209 g/mol. The van der Waals surface area contributed by atoms with E-state index in [2.05, 4.69) is 24.4 Å². The van der Waals surface area contributed by atoms with Gasteiger partial charge < -0.3 is 10.3 Å². The van der Waals surface area contributed by atoms with Crippen molar-refractivity contribution in [2.24, 2.45) is 16.4 Å². The van der Waals surface area contributed by atoms with Gasteiger partial charge in [0, 0.05) is 20.5 Å². The van der Waals surface area contributed by atoms with Gasteiger partial charge in [-0.2, -0.15) is 5.10 Å². The lowest BCUT2D eigenvalue weighted by atomic mass is 9.69. The van der Waals surface area contributed by atoms with Gasteiger partial charge in [-0.1, -0.05) is 13.8 Å². The van der Waals surface area contributed by atoms with E-state index in [1.807, 2.05) is 19.0 Å². The predicted octanol–water partition coefficient (Wildman–Crippen LogP) is 0.839. The van der Waals surface area contributed by atoms with E-state index in [0.29, 0.717) is 12.2 Å². The second kappa shape index (κ2) is 3.22. The first kappa shape index (κ1) is 10.5. The molecule has 1 aliphatic carbocycles. The first-order chi connectivity index (χ1) is 6.91. The Morgan fingerprint density at radius 2 is 2.13 bits per heavy atom. The minimum absolute atomic E-state index is 0.0203. The largest absolute Gasteiger partial charge is 0.364 e. The Morgan fingerprint density at radius 3 is 2.73 bits per heavy atom. The van der Waals surface area contributed by atoms with Gasteiger partial charge in [-0.25, -0.2) is 0 Å². The number of rotatable bonds is 0. The molecule has 1 heterocycles. The van der Waals surface area contributed by atoms with Crippen molar-refractivity contribution in [1.82, 2.24) is 10.3 Å². The van der Waals surface area contributed by atoms with Crippen molar-refractivity contribution in [3.63, 3.8) is 0 Å². The molecular weight excluding hydrogens is 190 g/mol. The highest BCUT2D eigenvalue weighted by Crippen LogP contribution is 2.38. The summed E-state index contributed by atoms with van der Waals surface area (Å²) in [6, 6.07) is 0.207. The quantitative estimate of drug-likeness (QED) is 0.643. The summed E-state index contributed by atoms with van der Waals surface area (Å²) >= 11 is 0. The van der Waals surface area contributed by atoms with Crippen LogP contribution in [0.1, 0.15) is 26.7 Å². The van der Waals surface area contributed by atoms with Gasteiger partial charge in [-0.3, -0.25) is 4.79 Å². The van der Waals surface area contributed by atoms with E-state index in [-0.39, 0.29) is 17.4 Å². The standard InChI is InChI=1S/C11H19N3O/c1-11(2)5-7-9(8(15)6-11)10(13-12-7)14(3)4/h7,9,12H,5-6H2,1-4H3. The zero-order valence-corrected chi connectivity index (χ0v) is 9.87. The van der Waals surface area contributed by atoms with Crippen molar-refractivity contribution in [2.75, 3.05) is 14.1 Å². The third-order valence-corrected chi connectivity index (χ3v) is 3.26. The van der Waals surface area contributed by atoms with Crippen LogP contribution in [0.15, 0.2) is 5.10 Å². The second-order valence-electron chi connectivity index (χ2n) is 5.59. The first-order valence-corrected chi connectivity index (χ1v) is 5.44. The highest BCUT2D eigenvalue weighted by Gasteiger charge is 2.46. The molecular formula is C11H19N3O. The third-order valence-electron chi connectivity index (χ3n) is 3.26. The number of hydrogen-bond donors (Lipinski definition) is 1. The molecule has 15 heavy (non-hydrogen) atoms. The van der Waals surface area contributed by atoms with Crippen LogP contribution in [0, 0.1) is 11.3 Å². The highest BCUT2D eigenvalue weighted by molar-refractivity contribution is 6.06. The molecule has 0 amide bonds. The minimum atomic E-state index is -0.0203. The van der Waals surface area contributed by atoms with Crippen LogP contribution in [0.3, 0.4) is 0 Å². The Morgan fingerprint density at radius 1 is 1.47 bits per heavy atom. The summed E-state index contributed by atoms with van der Waals surface area (Å²) in [5.74, 6) is 1.20. The number of carbonyl (C=O) groups is 1. The van der Waals surface area contributed by atoms with Crippen LogP contribution in [0.5, 0.6) is 0 Å². The number of amidine groups is 1. The van der Waals surface area contributed by atoms with E-state index in [9.17, 15) is 4.79 Å². The molecule has 2 atom stereocenters. The number of Topliss-reactive ketones (excluding diaryl/α,β-unsaturated/α-hetero) is 1. The smallest absolute Gasteiger partial charge is 0.146 e. The van der Waals surface area contributed by atoms with Crippen LogP contribution in [0.4, 0.5) is 0 Å². The fraction of sp³-hybridized carbons (Fsp3) is 0.818. The molecule has 0 bridgehead atoms. The maximum Gasteiger partial charge on any atom is 0.146 e. The van der Waals surface area contributed by atoms with Crippen molar-refractivity contribution < 1.29 is 4.79 Å². The Balaban J connectivity index is 2.21. The molecule has 0 radical (unpaired) electrons. The number of hydrazone groups is 1. The van der Waals surface area contributed by atoms with E-state index >= 15 is 0 Å². The molecule has 2 aliphatic rings. The molecule has 1 aliphatic heterocycles. The summed E-state index contributed by atoms with van der Waals surface area (Å²) in [4.78, 5) is 14.0. The van der Waals surface area contributed by atoms with E-state index in [4.69, 9.17) is 0 Å². The molecule has 0 aromatic rings. The van der Waals surface area contributed by atoms with Crippen LogP contribution < -0.4 is 5.43 Å². The fourth-order valence-electron chi connectivity index (χ4n) is 2.63. The molecule has 0 aromatic carbocycles. The maximum atomic E-state index is 12.1. The van der Waals surface area contributed by atoms with E-state index < -0.39 is 0 Å². The van der Waals surface area contributed by atoms with Crippen LogP contribution in [0.25, 0.3) is 0 Å². The van der Waals surface area contributed by atoms with Crippen molar-refractivity contribution in [1.29, 1.82) is 0 Å². The number of nitrogens with zero attached hydrogens (tertiary/aromatic N) is 2. The third kappa shape index (κ3) is 1.73. The molecule has 2 unspecified atom stereocenters. The lowest BCUT2D eigenvalue weighted by Gasteiger charge is -2.36. The molecule has 1 N–H and O–H groups in total. The van der Waals surface area contributed by atoms with Gasteiger partial charge in [0.25, 0.3) is 0 Å². The van der Waals surface area contributed by atoms with Gasteiger partial charge in [0.15, 0.2) is 0 Å². The molecule has 1 fully saturated rings. The van der Waals surface area contributed by atoms with Gasteiger partial charge in [-0.15, -0.1) is 0 Å². The number of nitrogens with one attached hydrogen (secondary N) is 1. The van der Waals surface area contributed by atoms with Gasteiger partial charge in [-0.05, 0) is 11.8 Å². The topological polar surface area (TPSA) is 44.7 Å². The SMILES string of the molecule is CN(C)C1=NNC2CC(C)(C)CC(=O)C12. The molecule has 4 nitrogen and oxygen atoms in total. The monoisotopic (exact) mass is 209 g/mol. The second-order valence-corrected chi connectivity index (χ2v) is 5.59. The van der Waals surface area contributed by atoms with Crippen molar-refractivity contribution in [3.8, 4) is 0 Å². The number of fused-ring (bicyclic) bond motifs is 1. The van der Waals surface area contributed by atoms with E-state index in [0.717, 1.165) is 12.3 Å². The molecule has 2 rings (SSSR count). The van der Waals surface area contributed by atoms with Crippen molar-refractivity contribution in [2.45, 2.75) is 32.7 Å². The van der Waals surface area contributed by atoms with Gasteiger partial charge in [0.05, 0.1) is 12.0 Å². The van der Waals surface area contributed by atoms with Gasteiger partial charge in [0.2, 0.25) is 0 Å². The minimum Gasteiger partial charge on any atom is -0.364 e. The summed E-state index contributed by atoms with van der Waals surface area (Å²) < 4.78 is 0. The normalized spacial score (nSPS) is 33.1. The molecule has 1 saturated carbocycles. The Hall–Kier alpha value is -1.06. The van der Waals surface area contributed by atoms with Crippen LogP contribution in [0.2, 0.25) is 0 Å². The Labute approximate surface area is 90.7 Å². The summed E-state index contributed by atoms with van der Waals surface area (Å²) in [6.07, 6.45) is 1.69. The molecule has 84 valence electrons. The zero-order valence-electron chi connectivity index (χ0n) is 9.87. The molecule has 0 aromatic heterocycles. The highest BCUT2D eigenvalue weighted by atomic mass is 16.1. The van der Waals surface area contributed by atoms with E-state index in [1.54, 1.807) is 0 Å².